The molecule has 10 heteroatoms. The summed E-state index contributed by atoms with van der Waals surface area (Å²) in [6.45, 7) is 5.61. The molecule has 0 aliphatic carbocycles. The van der Waals surface area contributed by atoms with Gasteiger partial charge in [0.05, 0.1) is 18.0 Å². The molecule has 3 rings (SSSR count). The van der Waals surface area contributed by atoms with Crippen molar-refractivity contribution in [2.45, 2.75) is 33.7 Å². The zero-order chi connectivity index (χ0) is 21.7. The number of hydrogen-bond donors (Lipinski definition) is 3. The third kappa shape index (κ3) is 5.55. The highest BCUT2D eigenvalue weighted by Gasteiger charge is 2.14. The minimum Gasteiger partial charge on any atom is -0.458 e. The molecule has 0 fully saturated rings. The number of aromatic nitrogens is 1. The van der Waals surface area contributed by atoms with Crippen molar-refractivity contribution in [3.05, 3.63) is 44.7 Å². The van der Waals surface area contributed by atoms with Crippen LogP contribution in [0, 0.1) is 6.92 Å². The van der Waals surface area contributed by atoms with E-state index in [-0.39, 0.29) is 24.3 Å². The van der Waals surface area contributed by atoms with Crippen LogP contribution in [0.3, 0.4) is 0 Å². The quantitative estimate of drug-likeness (QED) is 0.491. The highest BCUT2D eigenvalue weighted by molar-refractivity contribution is 7.14. The summed E-state index contributed by atoms with van der Waals surface area (Å²) >= 11 is 2.70. The Balaban J connectivity index is 1.52. The van der Waals surface area contributed by atoms with Crippen LogP contribution in [0.1, 0.15) is 39.7 Å². The fourth-order valence-corrected chi connectivity index (χ4v) is 4.41. The lowest BCUT2D eigenvalue weighted by molar-refractivity contribution is -0.119. The number of carbonyl (C=O) groups excluding carboxylic acids is 3. The molecule has 8 nitrogen and oxygen atoms in total. The molecule has 0 aliphatic heterocycles. The van der Waals surface area contributed by atoms with E-state index in [9.17, 15) is 14.4 Å². The van der Waals surface area contributed by atoms with Gasteiger partial charge in [0.15, 0.2) is 10.9 Å². The third-order valence-corrected chi connectivity index (χ3v) is 6.29. The lowest BCUT2D eigenvalue weighted by atomic mass is 10.2. The van der Waals surface area contributed by atoms with E-state index in [0.717, 1.165) is 16.9 Å². The van der Waals surface area contributed by atoms with Crippen LogP contribution in [0.25, 0.3) is 11.5 Å². The van der Waals surface area contributed by atoms with Crippen LogP contribution in [-0.4, -0.2) is 29.3 Å². The van der Waals surface area contributed by atoms with Crippen molar-refractivity contribution < 1.29 is 18.8 Å². The number of amides is 3. The molecule has 0 atom stereocenters. The van der Waals surface area contributed by atoms with E-state index in [1.807, 2.05) is 19.9 Å². The SMILES string of the molecule is CCc1sc(C(=O)NCC(=O)Nc2nc(-c3ccc(CNC(C)=O)o3)cs2)cc1C. The Morgan fingerprint density at radius 2 is 2.00 bits per heavy atom. The first-order valence-electron chi connectivity index (χ1n) is 9.32. The molecule has 0 radical (unpaired) electrons. The molecule has 3 heterocycles. The molecule has 0 aromatic carbocycles. The first kappa shape index (κ1) is 21.7. The van der Waals surface area contributed by atoms with Crippen molar-refractivity contribution in [3.8, 4) is 11.5 Å². The van der Waals surface area contributed by atoms with Crippen LogP contribution in [0.2, 0.25) is 0 Å². The smallest absolute Gasteiger partial charge is 0.261 e. The number of furan rings is 1. The molecule has 0 bridgehead atoms. The monoisotopic (exact) mass is 446 g/mol. The number of thiophene rings is 1. The van der Waals surface area contributed by atoms with Gasteiger partial charge in [-0.25, -0.2) is 4.98 Å². The molecule has 3 N–H and O–H groups in total. The van der Waals surface area contributed by atoms with Gasteiger partial charge in [-0.05, 0) is 37.1 Å². The average molecular weight is 447 g/mol. The number of anilines is 1. The lowest BCUT2D eigenvalue weighted by Crippen LogP contribution is -2.32. The van der Waals surface area contributed by atoms with E-state index in [4.69, 9.17) is 4.42 Å². The predicted octanol–water partition coefficient (Wildman–Crippen LogP) is 3.34. The number of aryl methyl sites for hydroxylation is 2. The average Bonchev–Trinajstić information content (AvgIpc) is 3.43. The van der Waals surface area contributed by atoms with E-state index in [2.05, 4.69) is 20.9 Å². The second-order valence-corrected chi connectivity index (χ2v) is 8.51. The van der Waals surface area contributed by atoms with Crippen LogP contribution < -0.4 is 16.0 Å². The topological polar surface area (TPSA) is 113 Å². The molecule has 0 unspecified atom stereocenters. The molecule has 3 amide bonds. The second-order valence-electron chi connectivity index (χ2n) is 6.51. The number of carbonyl (C=O) groups is 3. The van der Waals surface area contributed by atoms with Crippen LogP contribution >= 0.6 is 22.7 Å². The van der Waals surface area contributed by atoms with Crippen molar-refractivity contribution in [2.75, 3.05) is 11.9 Å². The minimum atomic E-state index is -0.362. The Bertz CT molecular complexity index is 1070. The molecule has 3 aromatic heterocycles. The minimum absolute atomic E-state index is 0.140. The molecule has 0 saturated heterocycles. The van der Waals surface area contributed by atoms with Crippen molar-refractivity contribution in [1.82, 2.24) is 15.6 Å². The van der Waals surface area contributed by atoms with Crippen LogP contribution in [-0.2, 0) is 22.6 Å². The van der Waals surface area contributed by atoms with Crippen LogP contribution in [0.4, 0.5) is 5.13 Å². The van der Waals surface area contributed by atoms with Crippen molar-refractivity contribution in [2.24, 2.45) is 0 Å². The highest BCUT2D eigenvalue weighted by Crippen LogP contribution is 2.26. The van der Waals surface area contributed by atoms with Gasteiger partial charge in [-0.1, -0.05) is 6.92 Å². The van der Waals surface area contributed by atoms with E-state index in [1.54, 1.807) is 17.5 Å². The maximum atomic E-state index is 12.2. The zero-order valence-corrected chi connectivity index (χ0v) is 18.5. The van der Waals surface area contributed by atoms with Gasteiger partial charge < -0.3 is 20.4 Å². The second kappa shape index (κ2) is 9.68. The zero-order valence-electron chi connectivity index (χ0n) is 16.8. The number of thiazole rings is 1. The summed E-state index contributed by atoms with van der Waals surface area (Å²) in [4.78, 5) is 41.5. The summed E-state index contributed by atoms with van der Waals surface area (Å²) in [5, 5.41) is 10.1. The summed E-state index contributed by atoms with van der Waals surface area (Å²) < 4.78 is 5.65. The Labute approximate surface area is 181 Å². The van der Waals surface area contributed by atoms with Gasteiger partial charge in [-0.2, -0.15) is 0 Å². The first-order valence-corrected chi connectivity index (χ1v) is 11.0. The largest absolute Gasteiger partial charge is 0.458 e. The third-order valence-electron chi connectivity index (χ3n) is 4.15. The molecule has 158 valence electrons. The number of nitrogens with zero attached hydrogens (tertiary/aromatic N) is 1. The Kier molecular flexibility index (Phi) is 7.01. The number of nitrogens with one attached hydrogen (secondary N) is 3. The highest BCUT2D eigenvalue weighted by atomic mass is 32.1. The predicted molar refractivity (Wildman–Crippen MR) is 117 cm³/mol. The normalized spacial score (nSPS) is 10.6. The summed E-state index contributed by atoms with van der Waals surface area (Å²) in [6, 6.07) is 5.35. The number of rotatable bonds is 8. The van der Waals surface area contributed by atoms with Gasteiger partial charge in [0.1, 0.15) is 11.5 Å². The number of hydrogen-bond acceptors (Lipinski definition) is 7. The Hall–Kier alpha value is -2.98. The molecular weight excluding hydrogens is 424 g/mol. The fraction of sp³-hybridized carbons (Fsp3) is 0.300. The standard InChI is InChI=1S/C20H22N4O4S2/c1-4-16-11(2)7-17(30-16)19(27)22-9-18(26)24-20-23-14(10-29-20)15-6-5-13(28-15)8-21-12(3)25/h5-7,10H,4,8-9H2,1-3H3,(H,21,25)(H,22,27)(H,23,24,26). The van der Waals surface area contributed by atoms with Gasteiger partial charge in [0.2, 0.25) is 11.8 Å². The summed E-state index contributed by atoms with van der Waals surface area (Å²) in [5.41, 5.74) is 1.67. The van der Waals surface area contributed by atoms with E-state index < -0.39 is 0 Å². The maximum Gasteiger partial charge on any atom is 0.261 e. The molecular formula is C20H22N4O4S2. The van der Waals surface area contributed by atoms with Gasteiger partial charge in [-0.3, -0.25) is 14.4 Å². The van der Waals surface area contributed by atoms with Crippen LogP contribution in [0.5, 0.6) is 0 Å². The Morgan fingerprint density at radius 1 is 1.20 bits per heavy atom. The van der Waals surface area contributed by atoms with Gasteiger partial charge in [-0.15, -0.1) is 22.7 Å². The van der Waals surface area contributed by atoms with Crippen LogP contribution in [0.15, 0.2) is 28.0 Å². The van der Waals surface area contributed by atoms with Crippen molar-refractivity contribution in [3.63, 3.8) is 0 Å². The van der Waals surface area contributed by atoms with E-state index in [0.29, 0.717) is 33.8 Å². The first-order chi connectivity index (χ1) is 14.4. The van der Waals surface area contributed by atoms with E-state index in [1.165, 1.54) is 29.6 Å². The maximum absolute atomic E-state index is 12.2. The molecule has 3 aromatic rings. The van der Waals surface area contributed by atoms with E-state index >= 15 is 0 Å². The molecule has 30 heavy (non-hydrogen) atoms. The molecule has 0 saturated carbocycles. The Morgan fingerprint density at radius 3 is 2.70 bits per heavy atom. The summed E-state index contributed by atoms with van der Waals surface area (Å²) in [7, 11) is 0. The van der Waals surface area contributed by atoms with Gasteiger partial charge in [0.25, 0.3) is 5.91 Å². The van der Waals surface area contributed by atoms with Crippen molar-refractivity contribution >= 4 is 45.5 Å². The summed E-state index contributed by atoms with van der Waals surface area (Å²) in [5.74, 6) is 0.384. The molecule has 0 spiro atoms. The van der Waals surface area contributed by atoms with Gasteiger partial charge in [0, 0.05) is 17.2 Å². The van der Waals surface area contributed by atoms with Crippen molar-refractivity contribution in [1.29, 1.82) is 0 Å². The van der Waals surface area contributed by atoms with Gasteiger partial charge >= 0.3 is 0 Å². The fourth-order valence-electron chi connectivity index (χ4n) is 2.66. The molecule has 0 aliphatic rings. The summed E-state index contributed by atoms with van der Waals surface area (Å²) in [6.07, 6.45) is 0.876. The lowest BCUT2D eigenvalue weighted by Gasteiger charge is -2.03.